The summed E-state index contributed by atoms with van der Waals surface area (Å²) in [6.07, 6.45) is 2.63. The lowest BCUT2D eigenvalue weighted by Gasteiger charge is -2.11. The van der Waals surface area contributed by atoms with Crippen molar-refractivity contribution in [3.05, 3.63) is 70.2 Å². The first-order valence-corrected chi connectivity index (χ1v) is 8.69. The fourth-order valence-electron chi connectivity index (χ4n) is 2.60. The molecule has 0 bridgehead atoms. The van der Waals surface area contributed by atoms with Crippen LogP contribution in [0.3, 0.4) is 0 Å². The van der Waals surface area contributed by atoms with Crippen molar-refractivity contribution in [2.24, 2.45) is 0 Å². The molecule has 0 aliphatic rings. The zero-order valence-electron chi connectivity index (χ0n) is 16.4. The molecule has 0 atom stereocenters. The van der Waals surface area contributed by atoms with E-state index in [0.29, 0.717) is 5.82 Å². The molecule has 0 unspecified atom stereocenters. The van der Waals surface area contributed by atoms with Crippen molar-refractivity contribution in [2.45, 2.75) is 0 Å². The highest BCUT2D eigenvalue weighted by molar-refractivity contribution is 5.97. The number of pyridine rings is 1. The lowest BCUT2D eigenvalue weighted by atomic mass is 10.1. The average molecular weight is 424 g/mol. The van der Waals surface area contributed by atoms with Crippen LogP contribution in [0.4, 0.5) is 28.8 Å². The standard InChI is InChI=1S/C19H16N6O6/c1-30-18(26)11-7-12(19(27)31-2)9-13(8-11)23-16-15(25(28)29)17(22-10-21-16)24-14-5-3-4-6-20-14/h3-10H,1-2H3,(H2,20,21,22,23,24). The third-order valence-corrected chi connectivity index (χ3v) is 3.95. The second-order valence-corrected chi connectivity index (χ2v) is 5.92. The van der Waals surface area contributed by atoms with Crippen LogP contribution in [0.5, 0.6) is 0 Å². The molecule has 12 nitrogen and oxygen atoms in total. The maximum absolute atomic E-state index is 12.0. The van der Waals surface area contributed by atoms with Crippen LogP contribution in [0.1, 0.15) is 20.7 Å². The number of rotatable bonds is 7. The molecule has 0 radical (unpaired) electrons. The van der Waals surface area contributed by atoms with Gasteiger partial charge in [0.05, 0.1) is 30.3 Å². The zero-order chi connectivity index (χ0) is 22.4. The molecule has 0 saturated heterocycles. The van der Waals surface area contributed by atoms with E-state index in [1.165, 1.54) is 38.6 Å². The maximum atomic E-state index is 12.0. The van der Waals surface area contributed by atoms with Gasteiger partial charge in [-0.3, -0.25) is 10.1 Å². The van der Waals surface area contributed by atoms with Gasteiger partial charge in [-0.15, -0.1) is 0 Å². The minimum atomic E-state index is -0.705. The van der Waals surface area contributed by atoms with Gasteiger partial charge in [0.25, 0.3) is 0 Å². The van der Waals surface area contributed by atoms with E-state index in [-0.39, 0.29) is 28.5 Å². The van der Waals surface area contributed by atoms with Crippen LogP contribution in [-0.2, 0) is 9.47 Å². The number of hydrogen-bond donors (Lipinski definition) is 2. The number of anilines is 4. The summed E-state index contributed by atoms with van der Waals surface area (Å²) in [5.41, 5.74) is -0.210. The lowest BCUT2D eigenvalue weighted by Crippen LogP contribution is -2.09. The number of nitrogens with one attached hydrogen (secondary N) is 2. The number of benzene rings is 1. The van der Waals surface area contributed by atoms with Gasteiger partial charge in [0.1, 0.15) is 12.1 Å². The van der Waals surface area contributed by atoms with Crippen LogP contribution in [0.25, 0.3) is 0 Å². The number of carbonyl (C=O) groups excluding carboxylic acids is 2. The summed E-state index contributed by atoms with van der Waals surface area (Å²) in [5.74, 6) is -1.34. The molecule has 31 heavy (non-hydrogen) atoms. The fraction of sp³-hybridized carbons (Fsp3) is 0.105. The van der Waals surface area contributed by atoms with E-state index in [2.05, 4.69) is 35.1 Å². The Morgan fingerprint density at radius 2 is 1.55 bits per heavy atom. The largest absolute Gasteiger partial charge is 0.465 e. The summed E-state index contributed by atoms with van der Waals surface area (Å²) >= 11 is 0. The lowest BCUT2D eigenvalue weighted by molar-refractivity contribution is -0.383. The maximum Gasteiger partial charge on any atom is 0.353 e. The van der Waals surface area contributed by atoms with Gasteiger partial charge in [0, 0.05) is 11.9 Å². The molecule has 12 heteroatoms. The predicted molar refractivity (Wildman–Crippen MR) is 109 cm³/mol. The first-order chi connectivity index (χ1) is 14.9. The van der Waals surface area contributed by atoms with Gasteiger partial charge in [-0.1, -0.05) is 6.07 Å². The molecule has 3 rings (SSSR count). The minimum Gasteiger partial charge on any atom is -0.465 e. The molecule has 0 aliphatic heterocycles. The van der Waals surface area contributed by atoms with Gasteiger partial charge in [-0.2, -0.15) is 0 Å². The molecule has 158 valence electrons. The summed E-state index contributed by atoms with van der Waals surface area (Å²) in [4.78, 5) is 46.9. The number of hydrogen-bond acceptors (Lipinski definition) is 11. The van der Waals surface area contributed by atoms with Crippen LogP contribution >= 0.6 is 0 Å². The van der Waals surface area contributed by atoms with Gasteiger partial charge in [0.2, 0.25) is 11.6 Å². The summed E-state index contributed by atoms with van der Waals surface area (Å²) in [7, 11) is 2.37. The second kappa shape index (κ2) is 9.26. The number of aromatic nitrogens is 3. The Balaban J connectivity index is 2.04. The molecular weight excluding hydrogens is 408 g/mol. The van der Waals surface area contributed by atoms with Crippen molar-refractivity contribution in [3.63, 3.8) is 0 Å². The van der Waals surface area contributed by atoms with E-state index in [0.717, 1.165) is 6.33 Å². The number of methoxy groups -OCH3 is 2. The minimum absolute atomic E-state index is 0.0384. The first-order valence-electron chi connectivity index (χ1n) is 8.69. The highest BCUT2D eigenvalue weighted by atomic mass is 16.6. The van der Waals surface area contributed by atoms with Crippen LogP contribution in [0.15, 0.2) is 48.9 Å². The highest BCUT2D eigenvalue weighted by Crippen LogP contribution is 2.33. The highest BCUT2D eigenvalue weighted by Gasteiger charge is 2.24. The molecule has 0 spiro atoms. The topological polar surface area (TPSA) is 158 Å². The number of nitrogens with zero attached hydrogens (tertiary/aromatic N) is 4. The molecule has 1 aromatic carbocycles. The van der Waals surface area contributed by atoms with Gasteiger partial charge in [-0.25, -0.2) is 24.5 Å². The molecule has 0 fully saturated rings. The molecule has 2 aromatic heterocycles. The van der Waals surface area contributed by atoms with Crippen LogP contribution in [-0.4, -0.2) is 46.0 Å². The molecule has 2 N–H and O–H groups in total. The molecule has 2 heterocycles. The molecule has 3 aromatic rings. The smallest absolute Gasteiger partial charge is 0.353 e. The van der Waals surface area contributed by atoms with E-state index in [1.54, 1.807) is 18.2 Å². The van der Waals surface area contributed by atoms with E-state index in [9.17, 15) is 19.7 Å². The Kier molecular flexibility index (Phi) is 6.30. The summed E-state index contributed by atoms with van der Waals surface area (Å²) in [6.45, 7) is 0. The third-order valence-electron chi connectivity index (χ3n) is 3.95. The molecule has 0 aliphatic carbocycles. The van der Waals surface area contributed by atoms with E-state index in [4.69, 9.17) is 0 Å². The van der Waals surface area contributed by atoms with Crippen LogP contribution < -0.4 is 10.6 Å². The number of carbonyl (C=O) groups is 2. The number of nitro groups is 1. The van der Waals surface area contributed by atoms with Crippen LogP contribution in [0.2, 0.25) is 0 Å². The first kappa shape index (κ1) is 21.1. The quantitative estimate of drug-likeness (QED) is 0.326. The van der Waals surface area contributed by atoms with Gasteiger partial charge < -0.3 is 20.1 Å². The normalized spacial score (nSPS) is 10.1. The van der Waals surface area contributed by atoms with Crippen molar-refractivity contribution in [2.75, 3.05) is 24.9 Å². The molecule has 0 amide bonds. The van der Waals surface area contributed by atoms with Crippen molar-refractivity contribution < 1.29 is 24.0 Å². The number of ether oxygens (including phenoxy) is 2. The van der Waals surface area contributed by atoms with Crippen molar-refractivity contribution >= 4 is 40.8 Å². The van der Waals surface area contributed by atoms with Gasteiger partial charge in [0.15, 0.2) is 0 Å². The zero-order valence-corrected chi connectivity index (χ0v) is 16.4. The molecule has 0 saturated carbocycles. The SMILES string of the molecule is COC(=O)c1cc(Nc2ncnc(Nc3ccccn3)c2[N+](=O)[O-])cc(C(=O)OC)c1. The monoisotopic (exact) mass is 424 g/mol. The fourth-order valence-corrected chi connectivity index (χ4v) is 2.60. The van der Waals surface area contributed by atoms with Crippen molar-refractivity contribution in [1.82, 2.24) is 15.0 Å². The predicted octanol–water partition coefficient (Wildman–Crippen LogP) is 2.84. The Bertz CT molecular complexity index is 1100. The Hall–Kier alpha value is -4.61. The van der Waals surface area contributed by atoms with Crippen molar-refractivity contribution in [3.8, 4) is 0 Å². The van der Waals surface area contributed by atoms with E-state index < -0.39 is 22.5 Å². The third kappa shape index (κ3) is 4.87. The van der Waals surface area contributed by atoms with Crippen LogP contribution in [0, 0.1) is 10.1 Å². The van der Waals surface area contributed by atoms with Crippen molar-refractivity contribution in [1.29, 1.82) is 0 Å². The van der Waals surface area contributed by atoms with E-state index >= 15 is 0 Å². The summed E-state index contributed by atoms with van der Waals surface area (Å²) < 4.78 is 9.38. The second-order valence-electron chi connectivity index (χ2n) is 5.92. The Labute approximate surface area is 175 Å². The van der Waals surface area contributed by atoms with E-state index in [1.807, 2.05) is 0 Å². The average Bonchev–Trinajstić information content (AvgIpc) is 2.78. The Morgan fingerprint density at radius 1 is 0.935 bits per heavy atom. The van der Waals surface area contributed by atoms with Gasteiger partial charge >= 0.3 is 17.6 Å². The summed E-state index contributed by atoms with van der Waals surface area (Å²) in [5, 5.41) is 17.3. The number of esters is 2. The summed E-state index contributed by atoms with van der Waals surface area (Å²) in [6, 6.07) is 9.01. The van der Waals surface area contributed by atoms with Gasteiger partial charge in [-0.05, 0) is 30.3 Å². The molecular formula is C19H16N6O6. The Morgan fingerprint density at radius 3 is 2.06 bits per heavy atom.